The van der Waals surface area contributed by atoms with Gasteiger partial charge < -0.3 is 14.2 Å². The SMILES string of the molecule is CCn1c(COc2ccc3c(c2)CCCC3)nnc1SCC(=O)N1CCc2ccccc21. The Labute approximate surface area is 193 Å². The zero-order valence-electron chi connectivity index (χ0n) is 18.4. The van der Waals surface area contributed by atoms with E-state index in [0.29, 0.717) is 12.4 Å². The molecule has 0 unspecified atom stereocenters. The summed E-state index contributed by atoms with van der Waals surface area (Å²) >= 11 is 1.44. The highest BCUT2D eigenvalue weighted by molar-refractivity contribution is 7.99. The van der Waals surface area contributed by atoms with Crippen LogP contribution in [0.25, 0.3) is 0 Å². The molecule has 0 radical (unpaired) electrons. The lowest BCUT2D eigenvalue weighted by molar-refractivity contribution is -0.116. The van der Waals surface area contributed by atoms with Crippen molar-refractivity contribution < 1.29 is 9.53 Å². The van der Waals surface area contributed by atoms with Crippen molar-refractivity contribution in [1.29, 1.82) is 0 Å². The fourth-order valence-corrected chi connectivity index (χ4v) is 5.50. The van der Waals surface area contributed by atoms with Crippen molar-refractivity contribution in [3.8, 4) is 5.75 Å². The van der Waals surface area contributed by atoms with Gasteiger partial charge in [0.2, 0.25) is 5.91 Å². The van der Waals surface area contributed by atoms with Gasteiger partial charge in [-0.15, -0.1) is 10.2 Å². The second-order valence-corrected chi connectivity index (χ2v) is 9.22. The van der Waals surface area contributed by atoms with E-state index < -0.39 is 0 Å². The lowest BCUT2D eigenvalue weighted by Gasteiger charge is -2.17. The summed E-state index contributed by atoms with van der Waals surface area (Å²) in [6.45, 7) is 3.92. The summed E-state index contributed by atoms with van der Waals surface area (Å²) in [6.07, 6.45) is 5.75. The van der Waals surface area contributed by atoms with Crippen molar-refractivity contribution in [3.63, 3.8) is 0 Å². The van der Waals surface area contributed by atoms with Gasteiger partial charge >= 0.3 is 0 Å². The third kappa shape index (κ3) is 4.26. The van der Waals surface area contributed by atoms with Crippen LogP contribution in [0.15, 0.2) is 47.6 Å². The minimum Gasteiger partial charge on any atom is -0.486 e. The number of carbonyl (C=O) groups excluding carboxylic acids is 1. The molecule has 0 spiro atoms. The molecule has 0 saturated heterocycles. The van der Waals surface area contributed by atoms with E-state index in [-0.39, 0.29) is 5.91 Å². The number of aromatic nitrogens is 3. The molecule has 0 atom stereocenters. The largest absolute Gasteiger partial charge is 0.486 e. The van der Waals surface area contributed by atoms with Gasteiger partial charge in [0.15, 0.2) is 11.0 Å². The molecular weight excluding hydrogens is 420 g/mol. The number of benzene rings is 2. The molecule has 0 saturated carbocycles. The van der Waals surface area contributed by atoms with Crippen LogP contribution in [0, 0.1) is 0 Å². The van der Waals surface area contributed by atoms with Gasteiger partial charge in [-0.3, -0.25) is 4.79 Å². The van der Waals surface area contributed by atoms with Gasteiger partial charge in [-0.1, -0.05) is 36.0 Å². The molecule has 0 bridgehead atoms. The summed E-state index contributed by atoms with van der Waals surface area (Å²) in [4.78, 5) is 14.7. The molecule has 6 nitrogen and oxygen atoms in total. The first kappa shape index (κ1) is 21.1. The number of hydrogen-bond acceptors (Lipinski definition) is 5. The number of aryl methyl sites for hydroxylation is 2. The van der Waals surface area contributed by atoms with Gasteiger partial charge in [-0.25, -0.2) is 0 Å². The maximum absolute atomic E-state index is 12.8. The zero-order chi connectivity index (χ0) is 21.9. The Hall–Kier alpha value is -2.80. The minimum absolute atomic E-state index is 0.109. The molecule has 5 rings (SSSR count). The highest BCUT2D eigenvalue weighted by atomic mass is 32.2. The van der Waals surface area contributed by atoms with Crippen LogP contribution in [-0.4, -0.2) is 33.0 Å². The van der Waals surface area contributed by atoms with E-state index in [1.807, 2.05) is 27.7 Å². The molecule has 32 heavy (non-hydrogen) atoms. The Kier molecular flexibility index (Phi) is 6.17. The van der Waals surface area contributed by atoms with Crippen LogP contribution in [0.2, 0.25) is 0 Å². The fourth-order valence-electron chi connectivity index (χ4n) is 4.60. The quantitative estimate of drug-likeness (QED) is 0.500. The maximum atomic E-state index is 12.8. The molecule has 0 N–H and O–H groups in total. The van der Waals surface area contributed by atoms with Gasteiger partial charge in [0, 0.05) is 18.8 Å². The summed E-state index contributed by atoms with van der Waals surface area (Å²) in [7, 11) is 0. The molecule has 166 valence electrons. The van der Waals surface area contributed by atoms with Crippen molar-refractivity contribution in [2.45, 2.75) is 57.3 Å². The molecule has 1 aliphatic heterocycles. The maximum Gasteiger partial charge on any atom is 0.237 e. The molecule has 2 heterocycles. The van der Waals surface area contributed by atoms with E-state index in [1.165, 1.54) is 47.7 Å². The first-order chi connectivity index (χ1) is 15.7. The van der Waals surface area contributed by atoms with Gasteiger partial charge in [-0.2, -0.15) is 0 Å². The number of amides is 1. The molecule has 2 aliphatic rings. The lowest BCUT2D eigenvalue weighted by Crippen LogP contribution is -2.30. The molecule has 1 aromatic heterocycles. The van der Waals surface area contributed by atoms with Crippen LogP contribution >= 0.6 is 11.8 Å². The van der Waals surface area contributed by atoms with Gasteiger partial charge in [0.25, 0.3) is 0 Å². The predicted octanol–water partition coefficient (Wildman–Crippen LogP) is 4.44. The number of rotatable bonds is 7. The van der Waals surface area contributed by atoms with Gasteiger partial charge in [0.05, 0.1) is 5.75 Å². The van der Waals surface area contributed by atoms with Crippen LogP contribution < -0.4 is 9.64 Å². The summed E-state index contributed by atoms with van der Waals surface area (Å²) < 4.78 is 8.09. The number of ether oxygens (including phenoxy) is 1. The number of nitrogens with zero attached hydrogens (tertiary/aromatic N) is 4. The van der Waals surface area contributed by atoms with Crippen LogP contribution in [0.3, 0.4) is 0 Å². The predicted molar refractivity (Wildman–Crippen MR) is 126 cm³/mol. The van der Waals surface area contributed by atoms with Crippen LogP contribution in [0.1, 0.15) is 42.3 Å². The van der Waals surface area contributed by atoms with Crippen LogP contribution in [0.4, 0.5) is 5.69 Å². The Bertz CT molecular complexity index is 1130. The van der Waals surface area contributed by atoms with Crippen molar-refractivity contribution in [2.24, 2.45) is 0 Å². The second kappa shape index (κ2) is 9.36. The van der Waals surface area contributed by atoms with Gasteiger partial charge in [0.1, 0.15) is 12.4 Å². The highest BCUT2D eigenvalue weighted by Gasteiger charge is 2.25. The summed E-state index contributed by atoms with van der Waals surface area (Å²) in [5, 5.41) is 9.44. The van der Waals surface area contributed by atoms with Crippen molar-refractivity contribution >= 4 is 23.4 Å². The number of fused-ring (bicyclic) bond motifs is 2. The molecule has 1 amide bonds. The normalized spacial score (nSPS) is 14.8. The molecule has 0 fully saturated rings. The van der Waals surface area contributed by atoms with E-state index in [1.54, 1.807) is 0 Å². The smallest absolute Gasteiger partial charge is 0.237 e. The first-order valence-electron chi connectivity index (χ1n) is 11.4. The molecule has 3 aromatic rings. The van der Waals surface area contributed by atoms with Crippen LogP contribution in [-0.2, 0) is 37.2 Å². The van der Waals surface area contributed by atoms with E-state index in [0.717, 1.165) is 48.3 Å². The molecular formula is C25H28N4O2S. The van der Waals surface area contributed by atoms with Crippen molar-refractivity contribution in [2.75, 3.05) is 17.2 Å². The molecule has 2 aromatic carbocycles. The summed E-state index contributed by atoms with van der Waals surface area (Å²) in [5.41, 5.74) is 5.13. The average Bonchev–Trinajstić information content (AvgIpc) is 3.44. The van der Waals surface area contributed by atoms with E-state index in [4.69, 9.17) is 4.74 Å². The Morgan fingerprint density at radius 1 is 1.03 bits per heavy atom. The van der Waals surface area contributed by atoms with Crippen LogP contribution in [0.5, 0.6) is 5.75 Å². The number of para-hydroxylation sites is 1. The van der Waals surface area contributed by atoms with Crippen molar-refractivity contribution in [3.05, 3.63) is 65.0 Å². The Balaban J connectivity index is 1.21. The van der Waals surface area contributed by atoms with Crippen molar-refractivity contribution in [1.82, 2.24) is 14.8 Å². The Morgan fingerprint density at radius 3 is 2.75 bits per heavy atom. The van der Waals surface area contributed by atoms with E-state index in [9.17, 15) is 4.79 Å². The topological polar surface area (TPSA) is 60.2 Å². The summed E-state index contributed by atoms with van der Waals surface area (Å²) in [6, 6.07) is 14.5. The molecule has 7 heteroatoms. The number of hydrogen-bond donors (Lipinski definition) is 0. The number of thioether (sulfide) groups is 1. The highest BCUT2D eigenvalue weighted by Crippen LogP contribution is 2.29. The standard InChI is InChI=1S/C25H28N4O2S/c1-2-28-23(16-31-21-12-11-18-7-3-4-9-20(18)15-21)26-27-25(28)32-17-24(30)29-14-13-19-8-5-6-10-22(19)29/h5-6,8,10-12,15H,2-4,7,9,13-14,16-17H2,1H3. The second-order valence-electron chi connectivity index (χ2n) is 8.28. The third-order valence-corrected chi connectivity index (χ3v) is 7.26. The number of carbonyl (C=O) groups is 1. The monoisotopic (exact) mass is 448 g/mol. The zero-order valence-corrected chi connectivity index (χ0v) is 19.2. The van der Waals surface area contributed by atoms with E-state index in [2.05, 4.69) is 41.4 Å². The van der Waals surface area contributed by atoms with Gasteiger partial charge in [-0.05, 0) is 73.9 Å². The fraction of sp³-hybridized carbons (Fsp3) is 0.400. The summed E-state index contributed by atoms with van der Waals surface area (Å²) in [5.74, 6) is 2.12. The third-order valence-electron chi connectivity index (χ3n) is 6.31. The average molecular weight is 449 g/mol. The lowest BCUT2D eigenvalue weighted by atomic mass is 9.92. The first-order valence-corrected chi connectivity index (χ1v) is 12.4. The minimum atomic E-state index is 0.109. The Morgan fingerprint density at radius 2 is 1.88 bits per heavy atom. The number of anilines is 1. The molecule has 1 aliphatic carbocycles. The van der Waals surface area contributed by atoms with E-state index >= 15 is 0 Å².